The van der Waals surface area contributed by atoms with E-state index in [0.717, 1.165) is 15.3 Å². The van der Waals surface area contributed by atoms with E-state index in [1.807, 2.05) is 31.1 Å². The summed E-state index contributed by atoms with van der Waals surface area (Å²) >= 11 is 1.49. The predicted molar refractivity (Wildman–Crippen MR) is 135 cm³/mol. The van der Waals surface area contributed by atoms with Crippen LogP contribution in [0.25, 0.3) is 10.2 Å². The lowest BCUT2D eigenvalue weighted by atomic mass is 10.1. The van der Waals surface area contributed by atoms with Gasteiger partial charge in [-0.3, -0.25) is 19.5 Å². The van der Waals surface area contributed by atoms with E-state index in [2.05, 4.69) is 16.4 Å². The predicted octanol–water partition coefficient (Wildman–Crippen LogP) is 2.96. The highest BCUT2D eigenvalue weighted by Crippen LogP contribution is 2.25. The third-order valence-corrected chi connectivity index (χ3v) is 6.83. The number of pyridine rings is 2. The molecule has 3 aromatic heterocycles. The summed E-state index contributed by atoms with van der Waals surface area (Å²) in [5.74, 6) is -0.444. The van der Waals surface area contributed by atoms with Gasteiger partial charge in [0, 0.05) is 44.0 Å². The highest BCUT2D eigenvalue weighted by Gasteiger charge is 2.18. The molecule has 1 amide bonds. The van der Waals surface area contributed by atoms with E-state index >= 15 is 0 Å². The quantitative estimate of drug-likeness (QED) is 0.395. The molecule has 0 unspecified atom stereocenters. The second-order valence-electron chi connectivity index (χ2n) is 8.37. The molecule has 0 saturated heterocycles. The molecule has 3 heterocycles. The lowest BCUT2D eigenvalue weighted by molar-refractivity contribution is 0.0949. The Labute approximate surface area is 206 Å². The van der Waals surface area contributed by atoms with Gasteiger partial charge in [0.05, 0.1) is 22.7 Å². The fraction of sp³-hybridized carbons (Fsp3) is 0.231. The second kappa shape index (κ2) is 10.6. The van der Waals surface area contributed by atoms with Crippen molar-refractivity contribution < 1.29 is 9.90 Å². The van der Waals surface area contributed by atoms with E-state index < -0.39 is 12.0 Å². The first-order chi connectivity index (χ1) is 16.9. The summed E-state index contributed by atoms with van der Waals surface area (Å²) in [6.45, 7) is 1.19. The molecule has 0 spiro atoms. The molecule has 4 aromatic rings. The van der Waals surface area contributed by atoms with E-state index in [-0.39, 0.29) is 17.5 Å². The number of aryl methyl sites for hydroxylation is 1. The van der Waals surface area contributed by atoms with Crippen LogP contribution >= 0.6 is 11.3 Å². The van der Waals surface area contributed by atoms with Crippen molar-refractivity contribution in [1.82, 2.24) is 19.8 Å². The fourth-order valence-electron chi connectivity index (χ4n) is 3.82. The van der Waals surface area contributed by atoms with Gasteiger partial charge in [0.25, 0.3) is 5.91 Å². The zero-order valence-electron chi connectivity index (χ0n) is 19.4. The van der Waals surface area contributed by atoms with Crippen molar-refractivity contribution in [3.63, 3.8) is 0 Å². The largest absolute Gasteiger partial charge is 0.385 e. The highest BCUT2D eigenvalue weighted by molar-refractivity contribution is 7.18. The fourth-order valence-corrected chi connectivity index (χ4v) is 4.99. The van der Waals surface area contributed by atoms with Gasteiger partial charge < -0.3 is 15.0 Å². The van der Waals surface area contributed by atoms with Crippen LogP contribution in [0, 0.1) is 11.3 Å². The average Bonchev–Trinajstić information content (AvgIpc) is 3.30. The average molecular weight is 488 g/mol. The number of aliphatic hydroxyl groups is 1. The van der Waals surface area contributed by atoms with Gasteiger partial charge in [-0.15, -0.1) is 11.3 Å². The lowest BCUT2D eigenvalue weighted by Gasteiger charge is -2.19. The molecule has 1 aromatic carbocycles. The first kappa shape index (κ1) is 24.3. The summed E-state index contributed by atoms with van der Waals surface area (Å²) in [6.07, 6.45) is 2.50. The van der Waals surface area contributed by atoms with Gasteiger partial charge in [0.15, 0.2) is 0 Å². The molecule has 0 aliphatic rings. The van der Waals surface area contributed by atoms with Crippen molar-refractivity contribution in [2.45, 2.75) is 19.2 Å². The number of nitriles is 1. The van der Waals surface area contributed by atoms with Crippen LogP contribution in [0.2, 0.25) is 0 Å². The van der Waals surface area contributed by atoms with E-state index in [1.165, 1.54) is 11.3 Å². The van der Waals surface area contributed by atoms with Crippen LogP contribution in [0.15, 0.2) is 65.7 Å². The number of hydrogen-bond donors (Lipinski definition) is 2. The summed E-state index contributed by atoms with van der Waals surface area (Å²) in [6, 6.07) is 16.2. The number of rotatable bonds is 8. The maximum Gasteiger partial charge on any atom is 0.257 e. The van der Waals surface area contributed by atoms with Crippen LogP contribution in [-0.2, 0) is 20.1 Å². The van der Waals surface area contributed by atoms with E-state index in [1.54, 1.807) is 53.4 Å². The number of hydrogen-bond acceptors (Lipinski definition) is 7. The standard InChI is InChI=1S/C26H25N5O3S/c1-30(16-23(32)22-5-3-4-10-28-22)14-19-11-20-24(33)21(15-31(2)26(20)35-19)25(34)29-13-18-8-6-17(12-27)7-9-18/h3-11,15,23,32H,13-14,16H2,1-2H3,(H,29,34)/t23-/m1/s1. The summed E-state index contributed by atoms with van der Waals surface area (Å²) in [4.78, 5) is 33.8. The molecule has 1 atom stereocenters. The summed E-state index contributed by atoms with van der Waals surface area (Å²) in [7, 11) is 3.71. The molecule has 9 heteroatoms. The SMILES string of the molecule is CN(Cc1cc2c(=O)c(C(=O)NCc3ccc(C#N)cc3)cn(C)c2s1)C[C@@H](O)c1ccccn1. The molecular weight excluding hydrogens is 462 g/mol. The van der Waals surface area contributed by atoms with Crippen LogP contribution in [0.5, 0.6) is 0 Å². The number of nitrogens with zero attached hydrogens (tertiary/aromatic N) is 4. The normalized spacial score (nSPS) is 12.0. The molecule has 0 aliphatic heterocycles. The molecule has 0 fully saturated rings. The molecule has 0 aliphatic carbocycles. The number of fused-ring (bicyclic) bond motifs is 1. The zero-order chi connectivity index (χ0) is 24.9. The molecular formula is C26H25N5O3S. The first-order valence-electron chi connectivity index (χ1n) is 11.0. The van der Waals surface area contributed by atoms with Crippen LogP contribution in [0.1, 0.15) is 38.2 Å². The highest BCUT2D eigenvalue weighted by atomic mass is 32.1. The van der Waals surface area contributed by atoms with Gasteiger partial charge in [-0.1, -0.05) is 18.2 Å². The monoisotopic (exact) mass is 487 g/mol. The smallest absolute Gasteiger partial charge is 0.257 e. The number of aromatic nitrogens is 2. The Morgan fingerprint density at radius 2 is 2.06 bits per heavy atom. The van der Waals surface area contributed by atoms with Crippen molar-refractivity contribution in [3.05, 3.63) is 98.4 Å². The van der Waals surface area contributed by atoms with Crippen LogP contribution in [0.3, 0.4) is 0 Å². The second-order valence-corrected chi connectivity index (χ2v) is 9.49. The zero-order valence-corrected chi connectivity index (χ0v) is 20.2. The number of likely N-dealkylation sites (N-methyl/N-ethyl adjacent to an activating group) is 1. The third kappa shape index (κ3) is 5.63. The van der Waals surface area contributed by atoms with Crippen molar-refractivity contribution in [2.24, 2.45) is 7.05 Å². The number of amides is 1. The van der Waals surface area contributed by atoms with Crippen molar-refractivity contribution in [3.8, 4) is 6.07 Å². The van der Waals surface area contributed by atoms with E-state index in [4.69, 9.17) is 5.26 Å². The number of carbonyl (C=O) groups excluding carboxylic acids is 1. The van der Waals surface area contributed by atoms with Crippen molar-refractivity contribution in [2.75, 3.05) is 13.6 Å². The van der Waals surface area contributed by atoms with E-state index in [9.17, 15) is 14.7 Å². The minimum absolute atomic E-state index is 0.0805. The molecule has 8 nitrogen and oxygen atoms in total. The third-order valence-electron chi connectivity index (χ3n) is 5.62. The van der Waals surface area contributed by atoms with Gasteiger partial charge in [-0.05, 0) is 42.9 Å². The summed E-state index contributed by atoms with van der Waals surface area (Å²) < 4.78 is 1.80. The summed E-state index contributed by atoms with van der Waals surface area (Å²) in [5, 5.41) is 22.6. The van der Waals surface area contributed by atoms with Crippen molar-refractivity contribution in [1.29, 1.82) is 5.26 Å². The van der Waals surface area contributed by atoms with Gasteiger partial charge in [-0.2, -0.15) is 5.26 Å². The maximum absolute atomic E-state index is 13.1. The molecule has 35 heavy (non-hydrogen) atoms. The maximum atomic E-state index is 13.1. The number of aliphatic hydroxyl groups excluding tert-OH is 1. The van der Waals surface area contributed by atoms with Crippen LogP contribution < -0.4 is 10.7 Å². The number of thiophene rings is 1. The Morgan fingerprint density at radius 3 is 2.74 bits per heavy atom. The number of benzene rings is 1. The van der Waals surface area contributed by atoms with E-state index in [0.29, 0.717) is 29.7 Å². The Hall–Kier alpha value is -3.84. The molecule has 0 radical (unpaired) electrons. The Balaban J connectivity index is 1.47. The van der Waals surface area contributed by atoms with Gasteiger partial charge in [0.1, 0.15) is 16.5 Å². The minimum Gasteiger partial charge on any atom is -0.385 e. The Bertz CT molecular complexity index is 1440. The van der Waals surface area contributed by atoms with Crippen LogP contribution in [0.4, 0.5) is 0 Å². The van der Waals surface area contributed by atoms with Gasteiger partial charge in [-0.25, -0.2) is 0 Å². The first-order valence-corrected chi connectivity index (χ1v) is 11.8. The molecule has 0 saturated carbocycles. The van der Waals surface area contributed by atoms with Gasteiger partial charge in [0.2, 0.25) is 5.43 Å². The Morgan fingerprint density at radius 1 is 1.29 bits per heavy atom. The molecule has 2 N–H and O–H groups in total. The minimum atomic E-state index is -0.715. The molecule has 0 bridgehead atoms. The summed E-state index contributed by atoms with van der Waals surface area (Å²) in [5.41, 5.74) is 1.76. The molecule has 178 valence electrons. The van der Waals surface area contributed by atoms with Crippen molar-refractivity contribution >= 4 is 27.5 Å². The lowest BCUT2D eigenvalue weighted by Crippen LogP contribution is -2.29. The Kier molecular flexibility index (Phi) is 7.36. The molecule has 4 rings (SSSR count). The van der Waals surface area contributed by atoms with Crippen LogP contribution in [-0.4, -0.2) is 39.1 Å². The number of carbonyl (C=O) groups is 1. The number of nitrogens with one attached hydrogen (secondary N) is 1. The topological polar surface area (TPSA) is 111 Å². The van der Waals surface area contributed by atoms with Gasteiger partial charge >= 0.3 is 0 Å².